The van der Waals surface area contributed by atoms with E-state index < -0.39 is 0 Å². The molecule has 1 heterocycles. The van der Waals surface area contributed by atoms with Gasteiger partial charge in [-0.25, -0.2) is 0 Å². The van der Waals surface area contributed by atoms with Crippen LogP contribution in [0.25, 0.3) is 0 Å². The van der Waals surface area contributed by atoms with E-state index in [4.69, 9.17) is 17.3 Å². The van der Waals surface area contributed by atoms with Crippen LogP contribution < -0.4 is 5.73 Å². The lowest BCUT2D eigenvalue weighted by atomic mass is 10.1. The second kappa shape index (κ2) is 5.09. The van der Waals surface area contributed by atoms with Gasteiger partial charge < -0.3 is 5.73 Å². The Morgan fingerprint density at radius 2 is 2.24 bits per heavy atom. The molecule has 1 aromatic carbocycles. The molecule has 1 fully saturated rings. The highest BCUT2D eigenvalue weighted by Crippen LogP contribution is 2.31. The second-order valence-electron chi connectivity index (χ2n) is 5.17. The molecule has 0 saturated carbocycles. The van der Waals surface area contributed by atoms with Crippen LogP contribution in [-0.2, 0) is 6.54 Å². The molecule has 4 heteroatoms. The van der Waals surface area contributed by atoms with Crippen LogP contribution in [0.2, 0.25) is 5.02 Å². The van der Waals surface area contributed by atoms with Crippen molar-refractivity contribution in [1.82, 2.24) is 4.90 Å². The average Bonchev–Trinajstić information content (AvgIpc) is 2.22. The SMILES string of the molecule is CC1(C)CN(Cc2cc(N)ccc2Cl)CCS1. The van der Waals surface area contributed by atoms with Crippen molar-refractivity contribution in [2.45, 2.75) is 25.1 Å². The molecule has 0 radical (unpaired) electrons. The Labute approximate surface area is 113 Å². The maximum atomic E-state index is 6.20. The van der Waals surface area contributed by atoms with Gasteiger partial charge in [-0.05, 0) is 37.6 Å². The van der Waals surface area contributed by atoms with E-state index in [-0.39, 0.29) is 0 Å². The van der Waals surface area contributed by atoms with Gasteiger partial charge in [0, 0.05) is 40.8 Å². The second-order valence-corrected chi connectivity index (χ2v) is 7.38. The number of halogens is 1. The Morgan fingerprint density at radius 3 is 2.94 bits per heavy atom. The Kier molecular flexibility index (Phi) is 3.91. The van der Waals surface area contributed by atoms with Gasteiger partial charge >= 0.3 is 0 Å². The summed E-state index contributed by atoms with van der Waals surface area (Å²) in [6.45, 7) is 7.71. The number of nitrogens with two attached hydrogens (primary N) is 1. The molecular formula is C13H19ClN2S. The van der Waals surface area contributed by atoms with Crippen molar-refractivity contribution in [2.24, 2.45) is 0 Å². The molecule has 0 amide bonds. The van der Waals surface area contributed by atoms with Crippen LogP contribution in [-0.4, -0.2) is 28.5 Å². The summed E-state index contributed by atoms with van der Waals surface area (Å²) in [5.41, 5.74) is 7.73. The van der Waals surface area contributed by atoms with Gasteiger partial charge in [0.15, 0.2) is 0 Å². The van der Waals surface area contributed by atoms with E-state index >= 15 is 0 Å². The molecule has 0 atom stereocenters. The minimum absolute atomic E-state index is 0.338. The summed E-state index contributed by atoms with van der Waals surface area (Å²) in [5.74, 6) is 1.19. The first-order valence-electron chi connectivity index (χ1n) is 5.86. The molecule has 2 N–H and O–H groups in total. The topological polar surface area (TPSA) is 29.3 Å². The summed E-state index contributed by atoms with van der Waals surface area (Å²) in [4.78, 5) is 2.46. The Bertz CT molecular complexity index is 406. The third-order valence-corrected chi connectivity index (χ3v) is 4.63. The number of hydrogen-bond donors (Lipinski definition) is 1. The lowest BCUT2D eigenvalue weighted by Gasteiger charge is -2.37. The monoisotopic (exact) mass is 270 g/mol. The summed E-state index contributed by atoms with van der Waals surface area (Å²) in [7, 11) is 0. The largest absolute Gasteiger partial charge is 0.399 e. The van der Waals surface area contributed by atoms with E-state index in [1.807, 2.05) is 30.0 Å². The van der Waals surface area contributed by atoms with Gasteiger partial charge in [0.05, 0.1) is 0 Å². The van der Waals surface area contributed by atoms with E-state index in [1.165, 1.54) is 5.75 Å². The molecule has 0 aromatic heterocycles. The first-order chi connectivity index (χ1) is 7.96. The van der Waals surface area contributed by atoms with E-state index in [1.54, 1.807) is 0 Å². The third kappa shape index (κ3) is 3.54. The number of nitrogens with zero attached hydrogens (tertiary/aromatic N) is 1. The molecular weight excluding hydrogens is 252 g/mol. The van der Waals surface area contributed by atoms with Crippen molar-refractivity contribution >= 4 is 29.1 Å². The van der Waals surface area contributed by atoms with Gasteiger partial charge in [0.25, 0.3) is 0 Å². The number of benzene rings is 1. The normalized spacial score (nSPS) is 20.4. The van der Waals surface area contributed by atoms with Crippen LogP contribution >= 0.6 is 23.4 Å². The maximum absolute atomic E-state index is 6.20. The third-order valence-electron chi connectivity index (χ3n) is 2.97. The lowest BCUT2D eigenvalue weighted by Crippen LogP contribution is -2.42. The fourth-order valence-electron chi connectivity index (χ4n) is 2.21. The van der Waals surface area contributed by atoms with E-state index in [2.05, 4.69) is 18.7 Å². The van der Waals surface area contributed by atoms with Gasteiger partial charge in [-0.15, -0.1) is 0 Å². The summed E-state index contributed by atoms with van der Waals surface area (Å²) < 4.78 is 0.338. The van der Waals surface area contributed by atoms with Crippen LogP contribution in [0.4, 0.5) is 5.69 Å². The number of hydrogen-bond acceptors (Lipinski definition) is 3. The number of anilines is 1. The minimum Gasteiger partial charge on any atom is -0.399 e. The molecule has 94 valence electrons. The Balaban J connectivity index is 2.07. The molecule has 0 spiro atoms. The van der Waals surface area contributed by atoms with E-state index in [9.17, 15) is 0 Å². The predicted octanol–water partition coefficient (Wildman–Crippen LogP) is 3.25. The lowest BCUT2D eigenvalue weighted by molar-refractivity contribution is 0.252. The fraction of sp³-hybridized carbons (Fsp3) is 0.538. The highest BCUT2D eigenvalue weighted by molar-refractivity contribution is 8.00. The number of rotatable bonds is 2. The van der Waals surface area contributed by atoms with Crippen LogP contribution in [0.1, 0.15) is 19.4 Å². The molecule has 17 heavy (non-hydrogen) atoms. The van der Waals surface area contributed by atoms with Gasteiger partial charge in [-0.1, -0.05) is 11.6 Å². The molecule has 1 saturated heterocycles. The van der Waals surface area contributed by atoms with Gasteiger partial charge in [0.2, 0.25) is 0 Å². The summed E-state index contributed by atoms with van der Waals surface area (Å²) >= 11 is 8.24. The van der Waals surface area contributed by atoms with Crippen LogP contribution in [0.3, 0.4) is 0 Å². The molecule has 2 rings (SSSR count). The van der Waals surface area contributed by atoms with Gasteiger partial charge in [-0.3, -0.25) is 4.90 Å². The molecule has 0 aliphatic carbocycles. The molecule has 0 unspecified atom stereocenters. The summed E-state index contributed by atoms with van der Waals surface area (Å²) in [5, 5.41) is 0.815. The van der Waals surface area contributed by atoms with Crippen LogP contribution in [0.15, 0.2) is 18.2 Å². The van der Waals surface area contributed by atoms with Crippen molar-refractivity contribution in [3.8, 4) is 0 Å². The summed E-state index contributed by atoms with van der Waals surface area (Å²) in [6, 6.07) is 5.72. The highest BCUT2D eigenvalue weighted by Gasteiger charge is 2.27. The summed E-state index contributed by atoms with van der Waals surface area (Å²) in [6.07, 6.45) is 0. The van der Waals surface area contributed by atoms with Crippen molar-refractivity contribution in [2.75, 3.05) is 24.6 Å². The van der Waals surface area contributed by atoms with E-state index in [0.29, 0.717) is 4.75 Å². The molecule has 1 aromatic rings. The van der Waals surface area contributed by atoms with Gasteiger partial charge in [0.1, 0.15) is 0 Å². The van der Waals surface area contributed by atoms with Crippen LogP contribution in [0, 0.1) is 0 Å². The van der Waals surface area contributed by atoms with Crippen molar-refractivity contribution in [1.29, 1.82) is 0 Å². The highest BCUT2D eigenvalue weighted by atomic mass is 35.5. The van der Waals surface area contributed by atoms with Crippen molar-refractivity contribution in [3.05, 3.63) is 28.8 Å². The number of thioether (sulfide) groups is 1. The fourth-order valence-corrected chi connectivity index (χ4v) is 3.56. The van der Waals surface area contributed by atoms with Crippen LogP contribution in [0.5, 0.6) is 0 Å². The van der Waals surface area contributed by atoms with Crippen molar-refractivity contribution < 1.29 is 0 Å². The average molecular weight is 271 g/mol. The Morgan fingerprint density at radius 1 is 1.47 bits per heavy atom. The molecule has 0 bridgehead atoms. The molecule has 1 aliphatic rings. The maximum Gasteiger partial charge on any atom is 0.0452 e. The first-order valence-corrected chi connectivity index (χ1v) is 7.23. The van der Waals surface area contributed by atoms with Crippen molar-refractivity contribution in [3.63, 3.8) is 0 Å². The predicted molar refractivity (Wildman–Crippen MR) is 77.7 cm³/mol. The zero-order valence-electron chi connectivity index (χ0n) is 10.4. The van der Waals surface area contributed by atoms with E-state index in [0.717, 1.165) is 35.9 Å². The van der Waals surface area contributed by atoms with Gasteiger partial charge in [-0.2, -0.15) is 11.8 Å². The minimum atomic E-state index is 0.338. The zero-order valence-corrected chi connectivity index (χ0v) is 11.9. The molecule has 1 aliphatic heterocycles. The molecule has 2 nitrogen and oxygen atoms in total. The number of nitrogen functional groups attached to an aromatic ring is 1. The standard InChI is InChI=1S/C13H19ClN2S/c1-13(2)9-16(5-6-17-13)8-10-7-11(15)3-4-12(10)14/h3-4,7H,5-6,8-9,15H2,1-2H3. The zero-order chi connectivity index (χ0) is 12.5. The quantitative estimate of drug-likeness (QED) is 0.837. The Hall–Kier alpha value is -0.380. The first kappa shape index (κ1) is 13.1. The smallest absolute Gasteiger partial charge is 0.0452 e.